The van der Waals surface area contributed by atoms with Crippen molar-refractivity contribution >= 4 is 0 Å². The molecule has 3 heterocycles. The van der Waals surface area contributed by atoms with E-state index in [2.05, 4.69) is 0 Å². The molecule has 2 aromatic rings. The van der Waals surface area contributed by atoms with Crippen molar-refractivity contribution in [1.82, 2.24) is 9.55 Å². The zero-order chi connectivity index (χ0) is 14.2. The van der Waals surface area contributed by atoms with Gasteiger partial charge in [-0.25, -0.2) is 4.98 Å². The molecule has 0 radical (unpaired) electrons. The fraction of sp³-hybridized carbons (Fsp3) is 0.375. The molecule has 0 fully saturated rings. The van der Waals surface area contributed by atoms with Gasteiger partial charge in [-0.05, 0) is 31.0 Å². The van der Waals surface area contributed by atoms with Crippen molar-refractivity contribution in [2.45, 2.75) is 32.2 Å². The fourth-order valence-electron chi connectivity index (χ4n) is 2.92. The Hall–Kier alpha value is -2.30. The van der Waals surface area contributed by atoms with Gasteiger partial charge >= 0.3 is 0 Å². The maximum Gasteiger partial charge on any atom is 0.254 e. The molecular weight excluding hydrogens is 268 g/mol. The lowest BCUT2D eigenvalue weighted by molar-refractivity contribution is 0.174. The van der Waals surface area contributed by atoms with Crippen LogP contribution in [0.3, 0.4) is 0 Å². The van der Waals surface area contributed by atoms with E-state index >= 15 is 0 Å². The molecule has 5 heteroatoms. The SMILES string of the molecule is O=c1cc(-c2ccc3c(c2)OCO3)nc2n1CCCCC2. The highest BCUT2D eigenvalue weighted by Crippen LogP contribution is 2.35. The summed E-state index contributed by atoms with van der Waals surface area (Å²) >= 11 is 0. The second-order valence-corrected chi connectivity index (χ2v) is 5.43. The number of ether oxygens (including phenoxy) is 2. The molecule has 0 amide bonds. The molecule has 5 nitrogen and oxygen atoms in total. The minimum atomic E-state index is 0.0366. The van der Waals surface area contributed by atoms with Crippen molar-refractivity contribution in [2.75, 3.05) is 6.79 Å². The van der Waals surface area contributed by atoms with Gasteiger partial charge in [0.2, 0.25) is 6.79 Å². The van der Waals surface area contributed by atoms with Crippen LogP contribution >= 0.6 is 0 Å². The summed E-state index contributed by atoms with van der Waals surface area (Å²) in [6.07, 6.45) is 4.17. The van der Waals surface area contributed by atoms with Gasteiger partial charge in [-0.15, -0.1) is 0 Å². The van der Waals surface area contributed by atoms with Gasteiger partial charge in [0.25, 0.3) is 5.56 Å². The van der Waals surface area contributed by atoms with Crippen LogP contribution in [0.5, 0.6) is 11.5 Å². The number of benzene rings is 1. The minimum absolute atomic E-state index is 0.0366. The van der Waals surface area contributed by atoms with Crippen LogP contribution in [-0.4, -0.2) is 16.3 Å². The van der Waals surface area contributed by atoms with E-state index in [4.69, 9.17) is 14.5 Å². The Labute approximate surface area is 122 Å². The second kappa shape index (κ2) is 4.91. The lowest BCUT2D eigenvalue weighted by atomic mass is 10.1. The zero-order valence-electron chi connectivity index (χ0n) is 11.7. The van der Waals surface area contributed by atoms with E-state index in [0.717, 1.165) is 49.4 Å². The molecule has 0 bridgehead atoms. The van der Waals surface area contributed by atoms with E-state index in [1.165, 1.54) is 0 Å². The van der Waals surface area contributed by atoms with Crippen LogP contribution in [0.25, 0.3) is 11.3 Å². The Morgan fingerprint density at radius 1 is 1.05 bits per heavy atom. The van der Waals surface area contributed by atoms with E-state index < -0.39 is 0 Å². The Morgan fingerprint density at radius 3 is 2.90 bits per heavy atom. The molecule has 0 atom stereocenters. The predicted octanol–water partition coefficient (Wildman–Crippen LogP) is 2.37. The van der Waals surface area contributed by atoms with E-state index in [1.54, 1.807) is 6.07 Å². The Kier molecular flexibility index (Phi) is 2.91. The summed E-state index contributed by atoms with van der Waals surface area (Å²) in [6.45, 7) is 1.03. The molecule has 2 aliphatic heterocycles. The van der Waals surface area contributed by atoms with Gasteiger partial charge in [0, 0.05) is 24.6 Å². The van der Waals surface area contributed by atoms with E-state index in [9.17, 15) is 4.79 Å². The van der Waals surface area contributed by atoms with Gasteiger partial charge in [0.15, 0.2) is 11.5 Å². The van der Waals surface area contributed by atoms with Gasteiger partial charge in [0.1, 0.15) is 5.82 Å². The van der Waals surface area contributed by atoms with Gasteiger partial charge < -0.3 is 9.47 Å². The van der Waals surface area contributed by atoms with Crippen LogP contribution in [0.15, 0.2) is 29.1 Å². The van der Waals surface area contributed by atoms with Gasteiger partial charge in [-0.3, -0.25) is 9.36 Å². The van der Waals surface area contributed by atoms with Crippen LogP contribution in [0.1, 0.15) is 25.1 Å². The molecule has 0 aliphatic carbocycles. The third-order valence-electron chi connectivity index (χ3n) is 4.04. The zero-order valence-corrected chi connectivity index (χ0v) is 11.7. The number of nitrogens with zero attached hydrogens (tertiary/aromatic N) is 2. The maximum absolute atomic E-state index is 12.3. The molecule has 1 aromatic carbocycles. The van der Waals surface area contributed by atoms with Crippen molar-refractivity contribution in [1.29, 1.82) is 0 Å². The fourth-order valence-corrected chi connectivity index (χ4v) is 2.92. The molecule has 0 N–H and O–H groups in total. The number of hydrogen-bond acceptors (Lipinski definition) is 4. The first-order chi connectivity index (χ1) is 10.3. The van der Waals surface area contributed by atoms with Crippen molar-refractivity contribution in [3.63, 3.8) is 0 Å². The number of fused-ring (bicyclic) bond motifs is 2. The third kappa shape index (κ3) is 2.18. The normalized spacial score (nSPS) is 16.4. The number of aromatic nitrogens is 2. The van der Waals surface area contributed by atoms with Gasteiger partial charge in [0.05, 0.1) is 5.69 Å². The Bertz CT molecular complexity index is 752. The summed E-state index contributed by atoms with van der Waals surface area (Å²) in [6, 6.07) is 7.29. The van der Waals surface area contributed by atoms with E-state index in [1.807, 2.05) is 22.8 Å². The molecule has 0 unspecified atom stereocenters. The number of hydrogen-bond donors (Lipinski definition) is 0. The average molecular weight is 284 g/mol. The van der Waals surface area contributed by atoms with Gasteiger partial charge in [-0.1, -0.05) is 6.42 Å². The first-order valence-corrected chi connectivity index (χ1v) is 7.32. The van der Waals surface area contributed by atoms with Crippen LogP contribution in [0.4, 0.5) is 0 Å². The average Bonchev–Trinajstić information content (AvgIpc) is 2.83. The molecule has 0 saturated heterocycles. The number of aryl methyl sites for hydroxylation is 1. The van der Waals surface area contributed by atoms with Crippen LogP contribution in [0.2, 0.25) is 0 Å². The molecule has 4 rings (SSSR count). The molecule has 108 valence electrons. The lowest BCUT2D eigenvalue weighted by Crippen LogP contribution is -2.23. The molecule has 0 saturated carbocycles. The summed E-state index contributed by atoms with van der Waals surface area (Å²) in [5.41, 5.74) is 1.64. The first-order valence-electron chi connectivity index (χ1n) is 7.32. The monoisotopic (exact) mass is 284 g/mol. The third-order valence-corrected chi connectivity index (χ3v) is 4.04. The molecular formula is C16H16N2O3. The molecule has 1 aromatic heterocycles. The highest BCUT2D eigenvalue weighted by molar-refractivity contribution is 5.64. The van der Waals surface area contributed by atoms with Crippen LogP contribution in [0, 0.1) is 0 Å². The topological polar surface area (TPSA) is 53.4 Å². The number of rotatable bonds is 1. The van der Waals surface area contributed by atoms with Crippen molar-refractivity contribution < 1.29 is 9.47 Å². The van der Waals surface area contributed by atoms with E-state index in [-0.39, 0.29) is 12.4 Å². The van der Waals surface area contributed by atoms with E-state index in [0.29, 0.717) is 11.4 Å². The highest BCUT2D eigenvalue weighted by atomic mass is 16.7. The summed E-state index contributed by atoms with van der Waals surface area (Å²) in [4.78, 5) is 17.0. The standard InChI is InChI=1S/C16H16N2O3/c19-16-9-12(17-15-4-2-1-3-7-18(15)16)11-5-6-13-14(8-11)21-10-20-13/h5-6,8-9H,1-4,7,10H2. The molecule has 2 aliphatic rings. The molecule has 21 heavy (non-hydrogen) atoms. The van der Waals surface area contributed by atoms with Crippen LogP contribution in [-0.2, 0) is 13.0 Å². The predicted molar refractivity (Wildman–Crippen MR) is 77.6 cm³/mol. The highest BCUT2D eigenvalue weighted by Gasteiger charge is 2.16. The Balaban J connectivity index is 1.80. The molecule has 0 spiro atoms. The second-order valence-electron chi connectivity index (χ2n) is 5.43. The smallest absolute Gasteiger partial charge is 0.254 e. The van der Waals surface area contributed by atoms with Crippen molar-refractivity contribution in [3.05, 3.63) is 40.4 Å². The maximum atomic E-state index is 12.3. The lowest BCUT2D eigenvalue weighted by Gasteiger charge is -2.10. The Morgan fingerprint density at radius 2 is 1.95 bits per heavy atom. The van der Waals surface area contributed by atoms with Crippen molar-refractivity contribution in [3.8, 4) is 22.8 Å². The quantitative estimate of drug-likeness (QED) is 0.806. The minimum Gasteiger partial charge on any atom is -0.454 e. The largest absolute Gasteiger partial charge is 0.454 e. The van der Waals surface area contributed by atoms with Crippen LogP contribution < -0.4 is 15.0 Å². The van der Waals surface area contributed by atoms with Crippen molar-refractivity contribution in [2.24, 2.45) is 0 Å². The van der Waals surface area contributed by atoms with Gasteiger partial charge in [-0.2, -0.15) is 0 Å². The summed E-state index contributed by atoms with van der Waals surface area (Å²) < 4.78 is 12.5. The summed E-state index contributed by atoms with van der Waals surface area (Å²) in [5, 5.41) is 0. The summed E-state index contributed by atoms with van der Waals surface area (Å²) in [7, 11) is 0. The first kappa shape index (κ1) is 12.4. The summed E-state index contributed by atoms with van der Waals surface area (Å²) in [5.74, 6) is 2.35.